The first kappa shape index (κ1) is 18.8. The van der Waals surface area contributed by atoms with Crippen LogP contribution in [0.5, 0.6) is 0 Å². The summed E-state index contributed by atoms with van der Waals surface area (Å²) >= 11 is 7.61. The first-order valence-electron chi connectivity index (χ1n) is 9.06. The van der Waals surface area contributed by atoms with E-state index < -0.39 is 5.92 Å². The molecule has 2 N–H and O–H groups in total. The zero-order valence-electron chi connectivity index (χ0n) is 15.7. The van der Waals surface area contributed by atoms with Crippen LogP contribution in [0.3, 0.4) is 0 Å². The average Bonchev–Trinajstić information content (AvgIpc) is 3.15. The van der Waals surface area contributed by atoms with E-state index in [2.05, 4.69) is 19.9 Å². The molecule has 0 unspecified atom stereocenters. The summed E-state index contributed by atoms with van der Waals surface area (Å²) in [6.07, 6.45) is 1.16. The number of halogens is 1. The Balaban J connectivity index is 1.99. The Kier molecular flexibility index (Phi) is 4.57. The first-order chi connectivity index (χ1) is 13.3. The van der Waals surface area contributed by atoms with Gasteiger partial charge in [-0.1, -0.05) is 25.4 Å². The van der Waals surface area contributed by atoms with Gasteiger partial charge in [-0.3, -0.25) is 9.69 Å². The predicted molar refractivity (Wildman–Crippen MR) is 113 cm³/mol. The van der Waals surface area contributed by atoms with Crippen molar-refractivity contribution in [1.29, 1.82) is 5.26 Å². The Morgan fingerprint density at radius 2 is 1.96 bits per heavy atom. The maximum Gasteiger partial charge on any atom is 0.162 e. The quantitative estimate of drug-likeness (QED) is 0.726. The van der Waals surface area contributed by atoms with Gasteiger partial charge in [-0.15, -0.1) is 0 Å². The molecule has 0 amide bonds. The minimum atomic E-state index is -0.404. The average molecular weight is 410 g/mol. The second-order valence-electron chi connectivity index (χ2n) is 8.01. The number of ketones is 1. The number of nitrogens with two attached hydrogens (primary N) is 1. The molecule has 2 aliphatic rings. The van der Waals surface area contributed by atoms with Gasteiger partial charge in [0.1, 0.15) is 5.82 Å². The molecule has 6 heteroatoms. The van der Waals surface area contributed by atoms with Crippen LogP contribution in [0.15, 0.2) is 63.8 Å². The van der Waals surface area contributed by atoms with Crippen LogP contribution in [-0.2, 0) is 4.79 Å². The van der Waals surface area contributed by atoms with Gasteiger partial charge in [-0.25, -0.2) is 0 Å². The Hall–Kier alpha value is -2.55. The third-order valence-corrected chi connectivity index (χ3v) is 6.30. The van der Waals surface area contributed by atoms with E-state index in [1.807, 2.05) is 33.9 Å². The molecule has 2 aromatic rings. The van der Waals surface area contributed by atoms with Crippen LogP contribution in [0.25, 0.3) is 0 Å². The number of carbonyl (C=O) groups is 1. The molecule has 4 rings (SSSR count). The van der Waals surface area contributed by atoms with Crippen molar-refractivity contribution >= 4 is 34.4 Å². The fraction of sp³-hybridized carbons (Fsp3) is 0.273. The van der Waals surface area contributed by atoms with Crippen molar-refractivity contribution in [3.8, 4) is 6.07 Å². The number of nitrogens with zero attached hydrogens (tertiary/aromatic N) is 2. The van der Waals surface area contributed by atoms with Gasteiger partial charge in [0.2, 0.25) is 0 Å². The lowest BCUT2D eigenvalue weighted by atomic mass is 9.69. The third-order valence-electron chi connectivity index (χ3n) is 5.34. The van der Waals surface area contributed by atoms with Crippen LogP contribution < -0.4 is 10.6 Å². The minimum absolute atomic E-state index is 0.0849. The van der Waals surface area contributed by atoms with Gasteiger partial charge in [0, 0.05) is 28.4 Å². The van der Waals surface area contributed by atoms with Gasteiger partial charge < -0.3 is 5.73 Å². The van der Waals surface area contributed by atoms with Crippen LogP contribution in [0, 0.1) is 16.7 Å². The van der Waals surface area contributed by atoms with Gasteiger partial charge in [-0.2, -0.15) is 16.6 Å². The van der Waals surface area contributed by atoms with E-state index in [0.29, 0.717) is 34.8 Å². The summed E-state index contributed by atoms with van der Waals surface area (Å²) in [5.74, 6) is 0.0605. The number of Topliss-reactive ketones (excluding diaryl/α,β-unsaturated/α-hetero) is 1. The molecule has 1 atom stereocenters. The maximum absolute atomic E-state index is 13.3. The van der Waals surface area contributed by atoms with E-state index in [0.717, 1.165) is 16.9 Å². The summed E-state index contributed by atoms with van der Waals surface area (Å²) in [5, 5.41) is 14.5. The smallest absolute Gasteiger partial charge is 0.162 e. The van der Waals surface area contributed by atoms with Crippen molar-refractivity contribution in [1.82, 2.24) is 0 Å². The monoisotopic (exact) mass is 409 g/mol. The highest BCUT2D eigenvalue weighted by atomic mass is 35.5. The van der Waals surface area contributed by atoms with Gasteiger partial charge in [0.05, 0.1) is 17.6 Å². The Morgan fingerprint density at radius 1 is 1.25 bits per heavy atom. The van der Waals surface area contributed by atoms with Gasteiger partial charge >= 0.3 is 0 Å². The largest absolute Gasteiger partial charge is 0.384 e. The summed E-state index contributed by atoms with van der Waals surface area (Å²) in [6, 6.07) is 11.6. The Bertz CT molecular complexity index is 1040. The van der Waals surface area contributed by atoms with E-state index in [1.165, 1.54) is 0 Å². The summed E-state index contributed by atoms with van der Waals surface area (Å²) in [4.78, 5) is 15.1. The molecule has 1 aromatic carbocycles. The van der Waals surface area contributed by atoms with E-state index in [-0.39, 0.29) is 11.2 Å². The lowest BCUT2D eigenvalue weighted by Crippen LogP contribution is -2.42. The molecule has 0 radical (unpaired) electrons. The molecule has 0 spiro atoms. The SMILES string of the molecule is CC1(C)CC(=O)C2=C(C1)N(c1ccc(Cl)cc1)C(N)=C(C#N)[C@@H]2c1ccsc1. The number of hydrogen-bond donors (Lipinski definition) is 1. The van der Waals surface area contributed by atoms with Crippen molar-refractivity contribution < 1.29 is 4.79 Å². The van der Waals surface area contributed by atoms with E-state index in [9.17, 15) is 10.1 Å². The number of allylic oxidation sites excluding steroid dienone is 3. The lowest BCUT2D eigenvalue weighted by molar-refractivity contribution is -0.118. The van der Waals surface area contributed by atoms with Crippen molar-refractivity contribution in [2.45, 2.75) is 32.6 Å². The van der Waals surface area contributed by atoms with Crippen LogP contribution in [0.1, 0.15) is 38.2 Å². The molecule has 0 fully saturated rings. The molecule has 0 bridgehead atoms. The number of thiophene rings is 1. The van der Waals surface area contributed by atoms with Gasteiger partial charge in [0.15, 0.2) is 5.78 Å². The zero-order valence-corrected chi connectivity index (χ0v) is 17.3. The topological polar surface area (TPSA) is 70.1 Å². The highest BCUT2D eigenvalue weighted by Gasteiger charge is 2.44. The number of anilines is 1. The zero-order chi connectivity index (χ0) is 20.1. The molecule has 2 heterocycles. The third kappa shape index (κ3) is 3.03. The Morgan fingerprint density at radius 3 is 2.57 bits per heavy atom. The van der Waals surface area contributed by atoms with Crippen molar-refractivity contribution in [3.05, 3.63) is 74.3 Å². The summed E-state index contributed by atoms with van der Waals surface area (Å²) in [6.45, 7) is 4.18. The number of carbonyl (C=O) groups excluding carboxylic acids is 1. The van der Waals surface area contributed by atoms with Gasteiger partial charge in [-0.05, 0) is 58.5 Å². The Labute approximate surface area is 173 Å². The number of hydrogen-bond acceptors (Lipinski definition) is 5. The fourth-order valence-corrected chi connectivity index (χ4v) is 4.98. The molecule has 1 aliphatic carbocycles. The van der Waals surface area contributed by atoms with Crippen LogP contribution in [0.4, 0.5) is 5.69 Å². The standard InChI is InChI=1S/C22H20ClN3OS/c1-22(2)9-17-20(18(27)10-22)19(13-7-8-28-12-13)16(11-24)21(25)26(17)15-5-3-14(23)4-6-15/h3-8,12,19H,9-10,25H2,1-2H3/t19-/m0/s1. The van der Waals surface area contributed by atoms with Crippen LogP contribution in [0.2, 0.25) is 5.02 Å². The van der Waals surface area contributed by atoms with Crippen LogP contribution >= 0.6 is 22.9 Å². The molecule has 142 valence electrons. The molecule has 0 saturated heterocycles. The first-order valence-corrected chi connectivity index (χ1v) is 10.4. The molecule has 1 aliphatic heterocycles. The molecule has 4 nitrogen and oxygen atoms in total. The van der Waals surface area contributed by atoms with E-state index in [1.54, 1.807) is 23.5 Å². The lowest BCUT2D eigenvalue weighted by Gasteiger charge is -2.43. The molecule has 0 saturated carbocycles. The van der Waals surface area contributed by atoms with Crippen molar-refractivity contribution in [2.24, 2.45) is 11.1 Å². The second-order valence-corrected chi connectivity index (χ2v) is 9.23. The number of benzene rings is 1. The molecular formula is C22H20ClN3OS. The number of nitriles is 1. The van der Waals surface area contributed by atoms with E-state index >= 15 is 0 Å². The summed E-state index contributed by atoms with van der Waals surface area (Å²) in [5.41, 5.74) is 10.1. The second kappa shape index (κ2) is 6.80. The normalized spacial score (nSPS) is 21.6. The van der Waals surface area contributed by atoms with E-state index in [4.69, 9.17) is 17.3 Å². The number of rotatable bonds is 2. The molecule has 1 aromatic heterocycles. The summed E-state index contributed by atoms with van der Waals surface area (Å²) < 4.78 is 0. The highest BCUT2D eigenvalue weighted by molar-refractivity contribution is 7.08. The highest BCUT2D eigenvalue weighted by Crippen LogP contribution is 2.50. The summed E-state index contributed by atoms with van der Waals surface area (Å²) in [7, 11) is 0. The fourth-order valence-electron chi connectivity index (χ4n) is 4.17. The molecule has 28 heavy (non-hydrogen) atoms. The maximum atomic E-state index is 13.3. The van der Waals surface area contributed by atoms with Crippen LogP contribution in [-0.4, -0.2) is 5.78 Å². The van der Waals surface area contributed by atoms with Crippen molar-refractivity contribution in [3.63, 3.8) is 0 Å². The minimum Gasteiger partial charge on any atom is -0.384 e. The predicted octanol–water partition coefficient (Wildman–Crippen LogP) is 5.34. The van der Waals surface area contributed by atoms with Gasteiger partial charge in [0.25, 0.3) is 0 Å². The molecular weight excluding hydrogens is 390 g/mol. The van der Waals surface area contributed by atoms with Crippen molar-refractivity contribution in [2.75, 3.05) is 4.90 Å².